The van der Waals surface area contributed by atoms with Crippen LogP contribution in [0.3, 0.4) is 0 Å². The first-order valence-electron chi connectivity index (χ1n) is 8.59. The zero-order chi connectivity index (χ0) is 18.8. The molecule has 1 aliphatic rings. The summed E-state index contributed by atoms with van der Waals surface area (Å²) in [6.45, 7) is 5.69. The highest BCUT2D eigenvalue weighted by Crippen LogP contribution is 2.29. The molecule has 136 valence electrons. The molecule has 3 amide bonds. The average Bonchev–Trinajstić information content (AvgIpc) is 3.19. The maximum absolute atomic E-state index is 12.5. The molecule has 2 heterocycles. The molecule has 0 fully saturated rings. The molecule has 26 heavy (non-hydrogen) atoms. The topological polar surface area (TPSA) is 92.3 Å². The summed E-state index contributed by atoms with van der Waals surface area (Å²) in [5.74, 6) is -1.06. The Morgan fingerprint density at radius 2 is 1.69 bits per heavy atom. The summed E-state index contributed by atoms with van der Waals surface area (Å²) < 4.78 is 0. The van der Waals surface area contributed by atoms with Crippen molar-refractivity contribution in [1.29, 1.82) is 0 Å². The van der Waals surface area contributed by atoms with Crippen molar-refractivity contribution in [2.45, 2.75) is 45.6 Å². The van der Waals surface area contributed by atoms with Crippen LogP contribution in [0.2, 0.25) is 0 Å². The van der Waals surface area contributed by atoms with Gasteiger partial charge in [-0.05, 0) is 31.9 Å². The van der Waals surface area contributed by atoms with Crippen molar-refractivity contribution in [2.24, 2.45) is 0 Å². The first kappa shape index (κ1) is 18.2. The summed E-state index contributed by atoms with van der Waals surface area (Å²) >= 11 is 1.32. The van der Waals surface area contributed by atoms with Crippen molar-refractivity contribution < 1.29 is 14.4 Å². The highest BCUT2D eigenvalue weighted by atomic mass is 32.1. The quantitative estimate of drug-likeness (QED) is 0.787. The highest BCUT2D eigenvalue weighted by Gasteiger charge is 2.40. The fraction of sp³-hybridized carbons (Fsp3) is 0.389. The third kappa shape index (κ3) is 3.12. The van der Waals surface area contributed by atoms with Gasteiger partial charge in [0.1, 0.15) is 11.0 Å². The number of anilines is 1. The molecule has 1 aromatic heterocycles. The van der Waals surface area contributed by atoms with Crippen LogP contribution in [0, 0.1) is 0 Å². The zero-order valence-electron chi connectivity index (χ0n) is 14.9. The summed E-state index contributed by atoms with van der Waals surface area (Å²) in [5.41, 5.74) is 0.646. The van der Waals surface area contributed by atoms with E-state index in [1.165, 1.54) is 18.3 Å². The maximum Gasteiger partial charge on any atom is 0.262 e. The maximum atomic E-state index is 12.5. The fourth-order valence-corrected chi connectivity index (χ4v) is 3.99. The summed E-state index contributed by atoms with van der Waals surface area (Å²) in [7, 11) is 0. The molecule has 0 spiro atoms. The smallest absolute Gasteiger partial charge is 0.262 e. The van der Waals surface area contributed by atoms with Gasteiger partial charge in [0, 0.05) is 5.92 Å². The molecule has 0 aliphatic carbocycles. The first-order chi connectivity index (χ1) is 12.5. The lowest BCUT2D eigenvalue weighted by molar-refractivity contribution is -0.119. The molecule has 0 bridgehead atoms. The number of hydrogen-bond donors (Lipinski definition) is 1. The zero-order valence-corrected chi connectivity index (χ0v) is 15.7. The second-order valence-electron chi connectivity index (χ2n) is 6.15. The lowest BCUT2D eigenvalue weighted by Gasteiger charge is -2.20. The van der Waals surface area contributed by atoms with Crippen molar-refractivity contribution >= 4 is 34.2 Å². The molecular formula is C18H20N4O3S. The van der Waals surface area contributed by atoms with E-state index in [-0.39, 0.29) is 0 Å². The lowest BCUT2D eigenvalue weighted by atomic mass is 10.1. The Morgan fingerprint density at radius 1 is 1.12 bits per heavy atom. The van der Waals surface area contributed by atoms with E-state index in [1.807, 2.05) is 0 Å². The molecular weight excluding hydrogens is 352 g/mol. The standard InChI is InChI=1S/C18H20N4O3S/c1-4-11(5-2)15-20-21-18(26-15)19-14(23)10(3)22-16(24)12-8-6-7-9-13(12)17(22)25/h6-11H,4-5H2,1-3H3,(H,19,21,23)/t10-/m0/s1. The lowest BCUT2D eigenvalue weighted by Crippen LogP contribution is -2.45. The minimum absolute atomic E-state index is 0.312. The van der Waals surface area contributed by atoms with Gasteiger partial charge in [0.05, 0.1) is 11.1 Å². The van der Waals surface area contributed by atoms with Gasteiger partial charge in [0.15, 0.2) is 0 Å². The second kappa shape index (κ2) is 7.33. The van der Waals surface area contributed by atoms with Crippen LogP contribution in [0.25, 0.3) is 0 Å². The van der Waals surface area contributed by atoms with Gasteiger partial charge in [-0.2, -0.15) is 0 Å². The molecule has 0 radical (unpaired) electrons. The SMILES string of the molecule is CCC(CC)c1nnc(NC(=O)[C@H](C)N2C(=O)c3ccccc3C2=O)s1. The summed E-state index contributed by atoms with van der Waals surface area (Å²) in [6.07, 6.45) is 1.90. The van der Waals surface area contributed by atoms with Crippen LogP contribution >= 0.6 is 11.3 Å². The molecule has 0 saturated heterocycles. The van der Waals surface area contributed by atoms with Gasteiger partial charge >= 0.3 is 0 Å². The number of nitrogens with zero attached hydrogens (tertiary/aromatic N) is 3. The van der Waals surface area contributed by atoms with Crippen molar-refractivity contribution in [3.8, 4) is 0 Å². The average molecular weight is 372 g/mol. The normalized spacial score (nSPS) is 14.7. The van der Waals surface area contributed by atoms with E-state index < -0.39 is 23.8 Å². The van der Waals surface area contributed by atoms with E-state index in [4.69, 9.17) is 0 Å². The number of carbonyl (C=O) groups excluding carboxylic acids is 3. The second-order valence-corrected chi connectivity index (χ2v) is 7.16. The van der Waals surface area contributed by atoms with Crippen molar-refractivity contribution in [2.75, 3.05) is 5.32 Å². The molecule has 8 heteroatoms. The number of imide groups is 1. The molecule has 3 rings (SSSR count). The van der Waals surface area contributed by atoms with E-state index in [9.17, 15) is 14.4 Å². The number of fused-ring (bicyclic) bond motifs is 1. The monoisotopic (exact) mass is 372 g/mol. The van der Waals surface area contributed by atoms with Gasteiger partial charge in [-0.15, -0.1) is 10.2 Å². The first-order valence-corrected chi connectivity index (χ1v) is 9.40. The minimum Gasteiger partial charge on any atom is -0.299 e. The Bertz CT molecular complexity index is 825. The van der Waals surface area contributed by atoms with Crippen LogP contribution in [-0.2, 0) is 4.79 Å². The molecule has 2 aromatic rings. The van der Waals surface area contributed by atoms with E-state index in [1.54, 1.807) is 24.3 Å². The van der Waals surface area contributed by atoms with Crippen LogP contribution in [0.15, 0.2) is 24.3 Å². The summed E-state index contributed by atoms with van der Waals surface area (Å²) in [4.78, 5) is 38.5. The van der Waals surface area contributed by atoms with Crippen LogP contribution < -0.4 is 5.32 Å². The Kier molecular flexibility index (Phi) is 5.13. The van der Waals surface area contributed by atoms with E-state index in [2.05, 4.69) is 29.4 Å². The molecule has 1 atom stereocenters. The highest BCUT2D eigenvalue weighted by molar-refractivity contribution is 7.15. The Hall–Kier alpha value is -2.61. The number of benzene rings is 1. The number of nitrogens with one attached hydrogen (secondary N) is 1. The number of aromatic nitrogens is 2. The van der Waals surface area contributed by atoms with Crippen LogP contribution in [0.5, 0.6) is 0 Å². The van der Waals surface area contributed by atoms with Gasteiger partial charge in [0.25, 0.3) is 11.8 Å². The molecule has 7 nitrogen and oxygen atoms in total. The van der Waals surface area contributed by atoms with Crippen molar-refractivity contribution in [3.63, 3.8) is 0 Å². The van der Waals surface area contributed by atoms with Crippen LogP contribution in [0.4, 0.5) is 5.13 Å². The Morgan fingerprint density at radius 3 is 2.23 bits per heavy atom. The van der Waals surface area contributed by atoms with Gasteiger partial charge in [-0.25, -0.2) is 0 Å². The number of amides is 3. The minimum atomic E-state index is -0.942. The molecule has 1 N–H and O–H groups in total. The summed E-state index contributed by atoms with van der Waals surface area (Å²) in [6, 6.07) is 5.63. The predicted molar refractivity (Wildman–Crippen MR) is 98.3 cm³/mol. The Balaban J connectivity index is 1.73. The number of hydrogen-bond acceptors (Lipinski definition) is 6. The number of rotatable bonds is 6. The van der Waals surface area contributed by atoms with Crippen LogP contribution in [-0.4, -0.2) is 38.9 Å². The summed E-state index contributed by atoms with van der Waals surface area (Å²) in [5, 5.41) is 12.1. The van der Waals surface area contributed by atoms with Gasteiger partial charge in [-0.3, -0.25) is 24.6 Å². The van der Waals surface area contributed by atoms with E-state index >= 15 is 0 Å². The van der Waals surface area contributed by atoms with Gasteiger partial charge < -0.3 is 0 Å². The van der Waals surface area contributed by atoms with Gasteiger partial charge in [-0.1, -0.05) is 37.3 Å². The third-order valence-corrected chi connectivity index (χ3v) is 5.60. The van der Waals surface area contributed by atoms with Crippen LogP contribution in [0.1, 0.15) is 65.3 Å². The molecule has 0 saturated carbocycles. The molecule has 1 aliphatic heterocycles. The fourth-order valence-electron chi connectivity index (χ4n) is 2.97. The largest absolute Gasteiger partial charge is 0.299 e. The predicted octanol–water partition coefficient (Wildman–Crippen LogP) is 3.06. The molecule has 1 aromatic carbocycles. The van der Waals surface area contributed by atoms with Crippen molar-refractivity contribution in [1.82, 2.24) is 15.1 Å². The molecule has 0 unspecified atom stereocenters. The van der Waals surface area contributed by atoms with Crippen molar-refractivity contribution in [3.05, 3.63) is 40.4 Å². The van der Waals surface area contributed by atoms with Gasteiger partial charge in [0.2, 0.25) is 11.0 Å². The Labute approximate surface area is 155 Å². The van der Waals surface area contributed by atoms with E-state index in [0.717, 1.165) is 22.7 Å². The third-order valence-electron chi connectivity index (χ3n) is 4.60. The van der Waals surface area contributed by atoms with E-state index in [0.29, 0.717) is 22.2 Å². The number of carbonyl (C=O) groups is 3.